The Balaban J connectivity index is 2.54. The Kier molecular flexibility index (Phi) is 5.60. The number of carbonyl (C=O) groups is 2. The fourth-order valence-corrected chi connectivity index (χ4v) is 1.43. The fourth-order valence-electron chi connectivity index (χ4n) is 1.43. The lowest BCUT2D eigenvalue weighted by Crippen LogP contribution is -2.36. The average Bonchev–Trinajstić information content (AvgIpc) is 2.37. The van der Waals surface area contributed by atoms with Crippen LogP contribution in [0.3, 0.4) is 0 Å². The number of amides is 1. The molecule has 5 nitrogen and oxygen atoms in total. The molecule has 0 saturated carbocycles. The van der Waals surface area contributed by atoms with Gasteiger partial charge in [-0.05, 0) is 24.6 Å². The van der Waals surface area contributed by atoms with Crippen molar-refractivity contribution in [3.8, 4) is 5.75 Å². The number of nitrogens with one attached hydrogen (secondary N) is 1. The maximum absolute atomic E-state index is 11.6. The van der Waals surface area contributed by atoms with Gasteiger partial charge in [0.25, 0.3) is 5.91 Å². The second-order valence-electron chi connectivity index (χ2n) is 4.01. The van der Waals surface area contributed by atoms with Crippen molar-refractivity contribution in [1.82, 2.24) is 5.32 Å². The molecule has 0 spiro atoms. The smallest absolute Gasteiger partial charge is 0.307 e. The summed E-state index contributed by atoms with van der Waals surface area (Å²) in [6, 6.07) is 6.63. The number of carboxylic acids is 1. The zero-order valence-corrected chi connectivity index (χ0v) is 10.8. The predicted molar refractivity (Wildman–Crippen MR) is 71.1 cm³/mol. The lowest BCUT2D eigenvalue weighted by molar-refractivity contribution is -0.136. The van der Waals surface area contributed by atoms with Crippen LogP contribution < -0.4 is 10.1 Å². The molecule has 1 amide bonds. The molecule has 0 radical (unpaired) electrons. The molecule has 0 aliphatic carbocycles. The predicted octanol–water partition coefficient (Wildman–Crippen LogP) is 1.38. The summed E-state index contributed by atoms with van der Waals surface area (Å²) in [5.74, 6) is -0.587. The molecule has 0 aliphatic heterocycles. The molecule has 0 fully saturated rings. The van der Waals surface area contributed by atoms with Gasteiger partial charge in [-0.15, -0.1) is 6.58 Å². The molecule has 1 atom stereocenters. The van der Waals surface area contributed by atoms with Gasteiger partial charge in [0.15, 0.2) is 6.10 Å². The zero-order chi connectivity index (χ0) is 14.3. The van der Waals surface area contributed by atoms with Gasteiger partial charge in [0, 0.05) is 6.54 Å². The standard InChI is InChI=1S/C14H17NO4/c1-3-8-15-14(18)10(2)19-12-6-4-11(5-7-12)9-13(16)17/h3-7,10H,1,8-9H2,2H3,(H,15,18)(H,16,17). The Bertz CT molecular complexity index is 453. The Hall–Kier alpha value is -2.30. The van der Waals surface area contributed by atoms with Gasteiger partial charge in [-0.1, -0.05) is 18.2 Å². The molecule has 1 aromatic rings. The largest absolute Gasteiger partial charge is 0.481 e. The van der Waals surface area contributed by atoms with Crippen molar-refractivity contribution in [1.29, 1.82) is 0 Å². The minimum atomic E-state index is -0.883. The third kappa shape index (κ3) is 5.25. The molecular formula is C14H17NO4. The lowest BCUT2D eigenvalue weighted by atomic mass is 10.1. The fraction of sp³-hybridized carbons (Fsp3) is 0.286. The van der Waals surface area contributed by atoms with Crippen molar-refractivity contribution in [2.75, 3.05) is 6.54 Å². The van der Waals surface area contributed by atoms with E-state index in [-0.39, 0.29) is 12.3 Å². The maximum atomic E-state index is 11.6. The number of hydrogen-bond acceptors (Lipinski definition) is 3. The number of ether oxygens (including phenoxy) is 1. The Morgan fingerprint density at radius 2 is 2.05 bits per heavy atom. The summed E-state index contributed by atoms with van der Waals surface area (Å²) >= 11 is 0. The lowest BCUT2D eigenvalue weighted by Gasteiger charge is -2.14. The van der Waals surface area contributed by atoms with Crippen molar-refractivity contribution >= 4 is 11.9 Å². The van der Waals surface area contributed by atoms with E-state index in [9.17, 15) is 9.59 Å². The summed E-state index contributed by atoms with van der Waals surface area (Å²) in [6.45, 7) is 5.54. The highest BCUT2D eigenvalue weighted by Crippen LogP contribution is 2.14. The number of carboxylic acid groups (broad SMARTS) is 1. The molecule has 1 aromatic carbocycles. The number of hydrogen-bond donors (Lipinski definition) is 2. The number of carbonyl (C=O) groups excluding carboxylic acids is 1. The molecule has 0 aliphatic rings. The molecule has 5 heteroatoms. The first-order valence-electron chi connectivity index (χ1n) is 5.89. The van der Waals surface area contributed by atoms with Crippen LogP contribution in [0.2, 0.25) is 0 Å². The number of benzene rings is 1. The van der Waals surface area contributed by atoms with Crippen LogP contribution in [0.1, 0.15) is 12.5 Å². The van der Waals surface area contributed by atoms with E-state index in [1.165, 1.54) is 0 Å². The monoisotopic (exact) mass is 263 g/mol. The molecule has 0 bridgehead atoms. The summed E-state index contributed by atoms with van der Waals surface area (Å²) < 4.78 is 5.44. The van der Waals surface area contributed by atoms with E-state index in [2.05, 4.69) is 11.9 Å². The molecule has 0 saturated heterocycles. The normalized spacial score (nSPS) is 11.4. The summed E-state index contributed by atoms with van der Waals surface area (Å²) in [5.41, 5.74) is 0.684. The van der Waals surface area contributed by atoms with Gasteiger partial charge in [0.1, 0.15) is 5.75 Å². The Morgan fingerprint density at radius 3 is 2.58 bits per heavy atom. The molecule has 1 unspecified atom stereocenters. The van der Waals surface area contributed by atoms with Crippen LogP contribution >= 0.6 is 0 Å². The van der Waals surface area contributed by atoms with Crippen molar-refractivity contribution in [2.45, 2.75) is 19.4 Å². The highest BCUT2D eigenvalue weighted by Gasteiger charge is 2.13. The van der Waals surface area contributed by atoms with E-state index in [1.807, 2.05) is 0 Å². The zero-order valence-electron chi connectivity index (χ0n) is 10.8. The van der Waals surface area contributed by atoms with Crippen LogP contribution in [0.5, 0.6) is 5.75 Å². The first kappa shape index (κ1) is 14.8. The summed E-state index contributed by atoms with van der Waals surface area (Å²) in [7, 11) is 0. The molecule has 102 valence electrons. The van der Waals surface area contributed by atoms with Gasteiger partial charge < -0.3 is 15.2 Å². The minimum Gasteiger partial charge on any atom is -0.481 e. The van der Waals surface area contributed by atoms with Crippen molar-refractivity contribution in [3.05, 3.63) is 42.5 Å². The molecule has 1 rings (SSSR count). The van der Waals surface area contributed by atoms with Crippen LogP contribution in [-0.4, -0.2) is 29.6 Å². The topological polar surface area (TPSA) is 75.6 Å². The van der Waals surface area contributed by atoms with E-state index in [1.54, 1.807) is 37.3 Å². The van der Waals surface area contributed by atoms with Crippen LogP contribution in [0, 0.1) is 0 Å². The van der Waals surface area contributed by atoms with E-state index in [4.69, 9.17) is 9.84 Å². The molecule has 19 heavy (non-hydrogen) atoms. The highest BCUT2D eigenvalue weighted by molar-refractivity contribution is 5.80. The van der Waals surface area contributed by atoms with Crippen LogP contribution in [0.15, 0.2) is 36.9 Å². The summed E-state index contributed by atoms with van der Waals surface area (Å²) in [5, 5.41) is 11.3. The highest BCUT2D eigenvalue weighted by atomic mass is 16.5. The SMILES string of the molecule is C=CCNC(=O)C(C)Oc1ccc(CC(=O)O)cc1. The van der Waals surface area contributed by atoms with Gasteiger partial charge in [0.2, 0.25) is 0 Å². The molecule has 2 N–H and O–H groups in total. The summed E-state index contributed by atoms with van der Waals surface area (Å²) in [4.78, 5) is 22.1. The van der Waals surface area contributed by atoms with E-state index in [0.717, 1.165) is 0 Å². The van der Waals surface area contributed by atoms with Crippen molar-refractivity contribution < 1.29 is 19.4 Å². The first-order valence-corrected chi connectivity index (χ1v) is 5.89. The van der Waals surface area contributed by atoms with E-state index in [0.29, 0.717) is 17.9 Å². The van der Waals surface area contributed by atoms with E-state index >= 15 is 0 Å². The third-order valence-corrected chi connectivity index (χ3v) is 2.38. The average molecular weight is 263 g/mol. The van der Waals surface area contributed by atoms with Crippen molar-refractivity contribution in [3.63, 3.8) is 0 Å². The Labute approximate surface area is 111 Å². The third-order valence-electron chi connectivity index (χ3n) is 2.38. The molecule has 0 aromatic heterocycles. The molecule has 0 heterocycles. The van der Waals surface area contributed by atoms with Gasteiger partial charge >= 0.3 is 5.97 Å². The quantitative estimate of drug-likeness (QED) is 0.729. The van der Waals surface area contributed by atoms with Gasteiger partial charge in [-0.25, -0.2) is 0 Å². The minimum absolute atomic E-state index is 0.0321. The number of rotatable bonds is 7. The van der Waals surface area contributed by atoms with Gasteiger partial charge in [-0.3, -0.25) is 9.59 Å². The van der Waals surface area contributed by atoms with Gasteiger partial charge in [0.05, 0.1) is 6.42 Å². The van der Waals surface area contributed by atoms with E-state index < -0.39 is 12.1 Å². The van der Waals surface area contributed by atoms with Crippen LogP contribution in [0.4, 0.5) is 0 Å². The summed E-state index contributed by atoms with van der Waals surface area (Å²) in [6.07, 6.45) is 0.936. The maximum Gasteiger partial charge on any atom is 0.307 e. The second kappa shape index (κ2) is 7.20. The van der Waals surface area contributed by atoms with Crippen molar-refractivity contribution in [2.24, 2.45) is 0 Å². The van der Waals surface area contributed by atoms with Crippen LogP contribution in [0.25, 0.3) is 0 Å². The number of aliphatic carboxylic acids is 1. The first-order chi connectivity index (χ1) is 9.02. The molecular weight excluding hydrogens is 246 g/mol. The Morgan fingerprint density at radius 1 is 1.42 bits per heavy atom. The van der Waals surface area contributed by atoms with Crippen LogP contribution in [-0.2, 0) is 16.0 Å². The van der Waals surface area contributed by atoms with Gasteiger partial charge in [-0.2, -0.15) is 0 Å². The second-order valence-corrected chi connectivity index (χ2v) is 4.01.